The number of thioether (sulfide) groups is 1. The van der Waals surface area contributed by atoms with Gasteiger partial charge in [-0.05, 0) is 33.6 Å². The van der Waals surface area contributed by atoms with Crippen molar-refractivity contribution in [3.05, 3.63) is 15.6 Å². The van der Waals surface area contributed by atoms with Crippen LogP contribution in [0.5, 0.6) is 0 Å². The first kappa shape index (κ1) is 14.8. The number of hydrogen-bond donors (Lipinski definition) is 1. The van der Waals surface area contributed by atoms with Gasteiger partial charge in [-0.15, -0.1) is 11.3 Å². The molecule has 1 saturated heterocycles. The summed E-state index contributed by atoms with van der Waals surface area (Å²) >= 11 is 3.84. The van der Waals surface area contributed by atoms with Gasteiger partial charge in [-0.3, -0.25) is 0 Å². The fourth-order valence-electron chi connectivity index (χ4n) is 2.30. The minimum absolute atomic E-state index is 0.155. The zero-order chi connectivity index (χ0) is 14.2. The normalized spacial score (nSPS) is 24.1. The monoisotopic (exact) mass is 312 g/mol. The van der Waals surface area contributed by atoms with Crippen molar-refractivity contribution < 1.29 is 4.74 Å². The van der Waals surface area contributed by atoms with Crippen molar-refractivity contribution in [1.29, 1.82) is 0 Å². The van der Waals surface area contributed by atoms with Gasteiger partial charge >= 0.3 is 0 Å². The molecule has 0 spiro atoms. The van der Waals surface area contributed by atoms with Crippen molar-refractivity contribution in [3.8, 4) is 0 Å². The Kier molecular flexibility index (Phi) is 4.41. The van der Waals surface area contributed by atoms with Crippen LogP contribution in [-0.2, 0) is 11.3 Å². The van der Waals surface area contributed by atoms with Crippen LogP contribution in [0.25, 0.3) is 0 Å². The number of thiazole rings is 1. The van der Waals surface area contributed by atoms with E-state index in [1.807, 2.05) is 23.1 Å². The molecular weight excluding hydrogens is 288 g/mol. The molecule has 1 atom stereocenters. The summed E-state index contributed by atoms with van der Waals surface area (Å²) in [5.74, 6) is 2.90. The molecule has 2 aliphatic rings. The second kappa shape index (κ2) is 5.95. The first-order valence-electron chi connectivity index (χ1n) is 7.47. The van der Waals surface area contributed by atoms with Crippen molar-refractivity contribution >= 4 is 23.1 Å². The molecule has 0 radical (unpaired) electrons. The lowest BCUT2D eigenvalue weighted by atomic mass is 10.1. The predicted octanol–water partition coefficient (Wildman–Crippen LogP) is 3.71. The summed E-state index contributed by atoms with van der Waals surface area (Å²) in [6, 6.07) is 0. The van der Waals surface area contributed by atoms with Gasteiger partial charge in [0.1, 0.15) is 11.1 Å². The number of nitrogens with one attached hydrogen (secondary N) is 1. The number of hydrogen-bond acceptors (Lipinski definition) is 5. The van der Waals surface area contributed by atoms with Gasteiger partial charge in [0.05, 0.1) is 12.3 Å². The van der Waals surface area contributed by atoms with Crippen molar-refractivity contribution in [2.75, 3.05) is 18.1 Å². The largest absolute Gasteiger partial charge is 0.369 e. The molecule has 1 aromatic heterocycles. The van der Waals surface area contributed by atoms with Crippen molar-refractivity contribution in [2.24, 2.45) is 0 Å². The molecule has 0 bridgehead atoms. The van der Waals surface area contributed by atoms with Gasteiger partial charge in [0.25, 0.3) is 0 Å². The van der Waals surface area contributed by atoms with E-state index < -0.39 is 0 Å². The lowest BCUT2D eigenvalue weighted by Crippen LogP contribution is -2.35. The fourth-order valence-corrected chi connectivity index (χ4v) is 4.39. The molecule has 112 valence electrons. The summed E-state index contributed by atoms with van der Waals surface area (Å²) in [7, 11) is 0. The van der Waals surface area contributed by atoms with Crippen LogP contribution in [0, 0.1) is 0 Å². The molecule has 1 N–H and O–H groups in total. The van der Waals surface area contributed by atoms with Crippen LogP contribution in [0.3, 0.4) is 0 Å². The van der Waals surface area contributed by atoms with Gasteiger partial charge in [-0.2, -0.15) is 11.8 Å². The Balaban J connectivity index is 1.75. The van der Waals surface area contributed by atoms with Gasteiger partial charge in [0.15, 0.2) is 0 Å². The molecule has 1 aliphatic heterocycles. The third-order valence-corrected chi connectivity index (χ3v) is 5.74. The first-order chi connectivity index (χ1) is 9.53. The van der Waals surface area contributed by atoms with Crippen LogP contribution in [0.1, 0.15) is 61.2 Å². The average Bonchev–Trinajstić information content (AvgIpc) is 3.17. The molecule has 5 heteroatoms. The van der Waals surface area contributed by atoms with Gasteiger partial charge < -0.3 is 10.1 Å². The Morgan fingerprint density at radius 2 is 2.15 bits per heavy atom. The highest BCUT2D eigenvalue weighted by Crippen LogP contribution is 2.44. The summed E-state index contributed by atoms with van der Waals surface area (Å²) in [6.45, 7) is 8.45. The number of aromatic nitrogens is 1. The minimum Gasteiger partial charge on any atom is -0.369 e. The average molecular weight is 313 g/mol. The molecule has 1 aliphatic carbocycles. The summed E-state index contributed by atoms with van der Waals surface area (Å²) in [4.78, 5) is 6.36. The highest BCUT2D eigenvalue weighted by molar-refractivity contribution is 7.99. The third-order valence-electron chi connectivity index (χ3n) is 3.58. The van der Waals surface area contributed by atoms with E-state index >= 15 is 0 Å². The van der Waals surface area contributed by atoms with Gasteiger partial charge in [-0.25, -0.2) is 4.98 Å². The quantitative estimate of drug-likeness (QED) is 0.919. The maximum Gasteiger partial charge on any atom is 0.123 e. The van der Waals surface area contributed by atoms with Crippen LogP contribution in [0.15, 0.2) is 0 Å². The Labute approximate surface area is 129 Å². The van der Waals surface area contributed by atoms with E-state index in [0.29, 0.717) is 5.92 Å². The highest BCUT2D eigenvalue weighted by Gasteiger charge is 2.31. The molecule has 0 aromatic carbocycles. The standard InChI is InChI=1S/C15H24N2OS2/c1-15(2,3)16-8-12-13(10-4-5-10)17-14(20-12)11-9-19-7-6-18-11/h10-11,16H,4-9H2,1-3H3. The van der Waals surface area contributed by atoms with Crippen molar-refractivity contribution in [1.82, 2.24) is 10.3 Å². The molecular formula is C15H24N2OS2. The topological polar surface area (TPSA) is 34.1 Å². The maximum absolute atomic E-state index is 5.88. The second-order valence-corrected chi connectivity index (χ2v) is 8.94. The summed E-state index contributed by atoms with van der Waals surface area (Å²) < 4.78 is 5.88. The number of ether oxygens (including phenoxy) is 1. The third kappa shape index (κ3) is 3.75. The molecule has 2 heterocycles. The van der Waals surface area contributed by atoms with E-state index in [2.05, 4.69) is 26.1 Å². The molecule has 20 heavy (non-hydrogen) atoms. The lowest BCUT2D eigenvalue weighted by Gasteiger charge is -2.20. The first-order valence-corrected chi connectivity index (χ1v) is 9.44. The lowest BCUT2D eigenvalue weighted by molar-refractivity contribution is 0.0754. The molecule has 2 fully saturated rings. The van der Waals surface area contributed by atoms with Crippen LogP contribution in [-0.4, -0.2) is 28.6 Å². The van der Waals surface area contributed by atoms with Crippen LogP contribution >= 0.6 is 23.1 Å². The Morgan fingerprint density at radius 3 is 2.75 bits per heavy atom. The molecule has 3 nitrogen and oxygen atoms in total. The van der Waals surface area contributed by atoms with E-state index in [9.17, 15) is 0 Å². The van der Waals surface area contributed by atoms with E-state index in [1.54, 1.807) is 0 Å². The predicted molar refractivity (Wildman–Crippen MR) is 86.7 cm³/mol. The minimum atomic E-state index is 0.155. The summed E-state index contributed by atoms with van der Waals surface area (Å²) in [6.07, 6.45) is 2.84. The Morgan fingerprint density at radius 1 is 1.35 bits per heavy atom. The van der Waals surface area contributed by atoms with Gasteiger partial charge in [-0.1, -0.05) is 0 Å². The molecule has 0 amide bonds. The van der Waals surface area contributed by atoms with Crippen LogP contribution < -0.4 is 5.32 Å². The number of rotatable bonds is 4. The molecule has 1 saturated carbocycles. The smallest absolute Gasteiger partial charge is 0.123 e. The van der Waals surface area contributed by atoms with Crippen molar-refractivity contribution in [3.63, 3.8) is 0 Å². The summed E-state index contributed by atoms with van der Waals surface area (Å²) in [5, 5.41) is 4.80. The van der Waals surface area contributed by atoms with Crippen LogP contribution in [0.4, 0.5) is 0 Å². The van der Waals surface area contributed by atoms with E-state index in [0.717, 1.165) is 24.7 Å². The van der Waals surface area contributed by atoms with Crippen molar-refractivity contribution in [2.45, 2.75) is 57.7 Å². The fraction of sp³-hybridized carbons (Fsp3) is 0.800. The number of nitrogens with zero attached hydrogens (tertiary/aromatic N) is 1. The zero-order valence-corrected chi connectivity index (χ0v) is 14.2. The Bertz CT molecular complexity index is 457. The highest BCUT2D eigenvalue weighted by atomic mass is 32.2. The zero-order valence-electron chi connectivity index (χ0n) is 12.6. The second-order valence-electron chi connectivity index (χ2n) is 6.67. The summed E-state index contributed by atoms with van der Waals surface area (Å²) in [5.41, 5.74) is 1.50. The van der Waals surface area contributed by atoms with Gasteiger partial charge in [0.2, 0.25) is 0 Å². The van der Waals surface area contributed by atoms with E-state index in [1.165, 1.54) is 28.4 Å². The van der Waals surface area contributed by atoms with E-state index in [-0.39, 0.29) is 11.6 Å². The van der Waals surface area contributed by atoms with Crippen LogP contribution in [0.2, 0.25) is 0 Å². The molecule has 1 unspecified atom stereocenters. The molecule has 3 rings (SSSR count). The van der Waals surface area contributed by atoms with E-state index in [4.69, 9.17) is 9.72 Å². The van der Waals surface area contributed by atoms with Gasteiger partial charge in [0, 0.05) is 34.4 Å². The molecule has 1 aromatic rings. The Hall–Kier alpha value is -0.100. The maximum atomic E-state index is 5.88. The SMILES string of the molecule is CC(C)(C)NCc1sc(C2CSCCO2)nc1C1CC1.